The van der Waals surface area contributed by atoms with Gasteiger partial charge >= 0.3 is 12.0 Å². The number of hydrogen-bond acceptors (Lipinski definition) is 3. The van der Waals surface area contributed by atoms with Crippen LogP contribution in [0.25, 0.3) is 10.1 Å². The first-order chi connectivity index (χ1) is 8.56. The van der Waals surface area contributed by atoms with Gasteiger partial charge in [-0.2, -0.15) is 0 Å². The van der Waals surface area contributed by atoms with E-state index < -0.39 is 18.0 Å². The summed E-state index contributed by atoms with van der Waals surface area (Å²) in [6.07, 6.45) is 0. The molecule has 5 nitrogen and oxygen atoms in total. The molecule has 1 aromatic heterocycles. The minimum absolute atomic E-state index is 0.528. The van der Waals surface area contributed by atoms with Gasteiger partial charge < -0.3 is 15.7 Å². The average Bonchev–Trinajstić information content (AvgIpc) is 2.75. The van der Waals surface area contributed by atoms with Crippen LogP contribution in [0.2, 0.25) is 0 Å². The van der Waals surface area contributed by atoms with Crippen LogP contribution in [0.1, 0.15) is 6.92 Å². The fraction of sp³-hybridized carbons (Fsp3) is 0.167. The van der Waals surface area contributed by atoms with Crippen molar-refractivity contribution in [2.75, 3.05) is 5.32 Å². The molecule has 0 bridgehead atoms. The first-order valence-corrected chi connectivity index (χ1v) is 6.22. The SMILES string of the molecule is C[C@@H](NC(=O)Nc1ccc2sccc2c1)C(=O)O. The van der Waals surface area contributed by atoms with E-state index in [2.05, 4.69) is 10.6 Å². The van der Waals surface area contributed by atoms with E-state index >= 15 is 0 Å². The summed E-state index contributed by atoms with van der Waals surface area (Å²) in [6, 6.07) is 6.05. The summed E-state index contributed by atoms with van der Waals surface area (Å²) in [5.41, 5.74) is 0.635. The van der Waals surface area contributed by atoms with Crippen molar-refractivity contribution in [1.29, 1.82) is 0 Å². The van der Waals surface area contributed by atoms with Gasteiger partial charge in [0.25, 0.3) is 0 Å². The Morgan fingerprint density at radius 1 is 1.33 bits per heavy atom. The van der Waals surface area contributed by atoms with E-state index in [0.717, 1.165) is 10.1 Å². The highest BCUT2D eigenvalue weighted by atomic mass is 32.1. The number of aliphatic carboxylic acids is 1. The van der Waals surface area contributed by atoms with Crippen molar-refractivity contribution in [2.45, 2.75) is 13.0 Å². The summed E-state index contributed by atoms with van der Waals surface area (Å²) in [5.74, 6) is -1.07. The van der Waals surface area contributed by atoms with Crippen LogP contribution in [0.5, 0.6) is 0 Å². The number of thiophene rings is 1. The van der Waals surface area contributed by atoms with Gasteiger partial charge in [-0.05, 0) is 42.0 Å². The number of carboxylic acid groups (broad SMARTS) is 1. The molecule has 0 unspecified atom stereocenters. The fourth-order valence-electron chi connectivity index (χ4n) is 1.47. The minimum atomic E-state index is -1.07. The van der Waals surface area contributed by atoms with Crippen molar-refractivity contribution in [2.24, 2.45) is 0 Å². The van der Waals surface area contributed by atoms with Gasteiger partial charge in [-0.25, -0.2) is 4.79 Å². The lowest BCUT2D eigenvalue weighted by Crippen LogP contribution is -2.40. The zero-order chi connectivity index (χ0) is 13.1. The second-order valence-electron chi connectivity index (χ2n) is 3.83. The Hall–Kier alpha value is -2.08. The second kappa shape index (κ2) is 5.05. The van der Waals surface area contributed by atoms with Crippen LogP contribution in [-0.2, 0) is 4.79 Å². The van der Waals surface area contributed by atoms with Crippen LogP contribution in [0.4, 0.5) is 10.5 Å². The smallest absolute Gasteiger partial charge is 0.325 e. The fourth-order valence-corrected chi connectivity index (χ4v) is 2.24. The van der Waals surface area contributed by atoms with Crippen LogP contribution >= 0.6 is 11.3 Å². The van der Waals surface area contributed by atoms with Crippen molar-refractivity contribution < 1.29 is 14.7 Å². The number of nitrogens with one attached hydrogen (secondary N) is 2. The monoisotopic (exact) mass is 264 g/mol. The third-order valence-electron chi connectivity index (χ3n) is 2.43. The molecule has 0 aliphatic heterocycles. The van der Waals surface area contributed by atoms with Crippen LogP contribution in [0, 0.1) is 0 Å². The number of fused-ring (bicyclic) bond motifs is 1. The zero-order valence-corrected chi connectivity index (χ0v) is 10.5. The Morgan fingerprint density at radius 2 is 2.11 bits per heavy atom. The Balaban J connectivity index is 2.04. The van der Waals surface area contributed by atoms with Crippen molar-refractivity contribution in [3.8, 4) is 0 Å². The van der Waals surface area contributed by atoms with E-state index in [9.17, 15) is 9.59 Å². The molecule has 0 saturated heterocycles. The van der Waals surface area contributed by atoms with Crippen LogP contribution < -0.4 is 10.6 Å². The number of benzene rings is 1. The average molecular weight is 264 g/mol. The summed E-state index contributed by atoms with van der Waals surface area (Å²) in [4.78, 5) is 22.1. The molecule has 2 amide bonds. The molecule has 0 aliphatic rings. The molecular weight excluding hydrogens is 252 g/mol. The van der Waals surface area contributed by atoms with E-state index in [1.165, 1.54) is 6.92 Å². The number of carbonyl (C=O) groups is 2. The molecule has 1 aromatic carbocycles. The zero-order valence-electron chi connectivity index (χ0n) is 9.64. The Bertz CT molecular complexity index is 594. The van der Waals surface area contributed by atoms with E-state index in [-0.39, 0.29) is 0 Å². The van der Waals surface area contributed by atoms with Gasteiger partial charge in [0, 0.05) is 10.4 Å². The second-order valence-corrected chi connectivity index (χ2v) is 4.78. The standard InChI is InChI=1S/C12H12N2O3S/c1-7(11(15)16)13-12(17)14-9-2-3-10-8(6-9)4-5-18-10/h2-7H,1H3,(H,15,16)(H2,13,14,17)/t7-/m1/s1. The predicted octanol–water partition coefficient (Wildman–Crippen LogP) is 2.50. The maximum Gasteiger partial charge on any atom is 0.325 e. The van der Waals surface area contributed by atoms with Gasteiger partial charge in [0.2, 0.25) is 0 Å². The van der Waals surface area contributed by atoms with Crippen molar-refractivity contribution >= 4 is 39.1 Å². The minimum Gasteiger partial charge on any atom is -0.480 e. The molecule has 0 saturated carbocycles. The van der Waals surface area contributed by atoms with Crippen LogP contribution in [-0.4, -0.2) is 23.1 Å². The summed E-state index contributed by atoms with van der Waals surface area (Å²) >= 11 is 1.62. The van der Waals surface area contributed by atoms with Gasteiger partial charge in [0.05, 0.1) is 0 Å². The van der Waals surface area contributed by atoms with E-state index in [1.54, 1.807) is 17.4 Å². The summed E-state index contributed by atoms with van der Waals surface area (Å²) in [5, 5.41) is 16.6. The molecule has 0 spiro atoms. The van der Waals surface area contributed by atoms with Crippen molar-refractivity contribution in [1.82, 2.24) is 5.32 Å². The number of anilines is 1. The number of rotatable bonds is 3. The quantitative estimate of drug-likeness (QED) is 0.797. The Kier molecular flexibility index (Phi) is 3.47. The summed E-state index contributed by atoms with van der Waals surface area (Å²) in [6.45, 7) is 1.41. The molecule has 18 heavy (non-hydrogen) atoms. The van der Waals surface area contributed by atoms with Crippen molar-refractivity contribution in [3.63, 3.8) is 0 Å². The molecule has 94 valence electrons. The summed E-state index contributed by atoms with van der Waals surface area (Å²) in [7, 11) is 0. The lowest BCUT2D eigenvalue weighted by Gasteiger charge is -2.10. The largest absolute Gasteiger partial charge is 0.480 e. The molecule has 0 radical (unpaired) electrons. The Labute approximate surface area is 107 Å². The number of urea groups is 1. The lowest BCUT2D eigenvalue weighted by atomic mass is 10.2. The number of carbonyl (C=O) groups excluding carboxylic acids is 1. The number of amides is 2. The predicted molar refractivity (Wildman–Crippen MR) is 71.1 cm³/mol. The highest BCUT2D eigenvalue weighted by Gasteiger charge is 2.13. The van der Waals surface area contributed by atoms with E-state index in [4.69, 9.17) is 5.11 Å². The molecule has 2 aromatic rings. The molecule has 2 rings (SSSR count). The number of carboxylic acids is 1. The molecule has 1 atom stereocenters. The molecule has 0 fully saturated rings. The molecule has 3 N–H and O–H groups in total. The van der Waals surface area contributed by atoms with Gasteiger partial charge in [0.1, 0.15) is 6.04 Å². The van der Waals surface area contributed by atoms with E-state index in [0.29, 0.717) is 5.69 Å². The van der Waals surface area contributed by atoms with Gasteiger partial charge in [-0.15, -0.1) is 11.3 Å². The number of hydrogen-bond donors (Lipinski definition) is 3. The topological polar surface area (TPSA) is 78.4 Å². The third kappa shape index (κ3) is 2.78. The molecule has 0 aliphatic carbocycles. The maximum absolute atomic E-state index is 11.5. The lowest BCUT2D eigenvalue weighted by molar-refractivity contribution is -0.138. The van der Waals surface area contributed by atoms with Gasteiger partial charge in [-0.1, -0.05) is 0 Å². The molecule has 1 heterocycles. The first kappa shape index (κ1) is 12.4. The van der Waals surface area contributed by atoms with Crippen molar-refractivity contribution in [3.05, 3.63) is 29.6 Å². The molecule has 6 heteroatoms. The highest BCUT2D eigenvalue weighted by Crippen LogP contribution is 2.23. The normalized spacial score (nSPS) is 12.1. The summed E-state index contributed by atoms with van der Waals surface area (Å²) < 4.78 is 1.14. The highest BCUT2D eigenvalue weighted by molar-refractivity contribution is 7.17. The van der Waals surface area contributed by atoms with Gasteiger partial charge in [0.15, 0.2) is 0 Å². The Morgan fingerprint density at radius 3 is 2.83 bits per heavy atom. The van der Waals surface area contributed by atoms with E-state index in [1.807, 2.05) is 23.6 Å². The molecular formula is C12H12N2O3S. The van der Waals surface area contributed by atoms with Crippen LogP contribution in [0.15, 0.2) is 29.6 Å². The first-order valence-electron chi connectivity index (χ1n) is 5.34. The van der Waals surface area contributed by atoms with Gasteiger partial charge in [-0.3, -0.25) is 4.79 Å². The maximum atomic E-state index is 11.5. The van der Waals surface area contributed by atoms with Crippen LogP contribution in [0.3, 0.4) is 0 Å². The third-order valence-corrected chi connectivity index (χ3v) is 3.33.